The fraction of sp³-hybridized carbons (Fsp3) is 0.300. The lowest BCUT2D eigenvalue weighted by Gasteiger charge is -2.19. The molecule has 5 rings (SSSR count). The van der Waals surface area contributed by atoms with E-state index in [1.807, 2.05) is 12.1 Å². The number of carbonyl (C=O) groups excluding carboxylic acids is 1. The molecule has 1 saturated heterocycles. The molecule has 1 fully saturated rings. The lowest BCUT2D eigenvalue weighted by molar-refractivity contribution is -0.121. The number of rotatable bonds is 9. The van der Waals surface area contributed by atoms with Gasteiger partial charge >= 0.3 is 0 Å². The van der Waals surface area contributed by atoms with Crippen LogP contribution >= 0.6 is 0 Å². The summed E-state index contributed by atoms with van der Waals surface area (Å²) < 4.78 is 29.3. The highest BCUT2D eigenvalue weighted by Gasteiger charge is 2.23. The van der Waals surface area contributed by atoms with Crippen molar-refractivity contribution < 1.29 is 13.6 Å². The Morgan fingerprint density at radius 2 is 1.56 bits per heavy atom. The van der Waals surface area contributed by atoms with Gasteiger partial charge in [0.15, 0.2) is 0 Å². The number of benzene rings is 3. The highest BCUT2D eigenvalue weighted by Crippen LogP contribution is 2.35. The number of nitrogens with zero attached hydrogens (tertiary/aromatic N) is 2. The SMILES string of the molecule is O=C(C[C@@H](c1ccc(F)cc1)c1cn(Cc2ccc(F)cc2)c2ccccc12)NCCN1CCCC1. The number of carbonyl (C=O) groups is 1. The van der Waals surface area contributed by atoms with E-state index in [1.165, 1.54) is 37.1 Å². The van der Waals surface area contributed by atoms with Crippen molar-refractivity contribution in [1.29, 1.82) is 0 Å². The Morgan fingerprint density at radius 1 is 0.889 bits per heavy atom. The van der Waals surface area contributed by atoms with Crippen LogP contribution in [0.3, 0.4) is 0 Å². The van der Waals surface area contributed by atoms with E-state index in [0.717, 1.165) is 47.2 Å². The molecule has 1 amide bonds. The molecule has 4 nitrogen and oxygen atoms in total. The van der Waals surface area contributed by atoms with Crippen LogP contribution in [0.1, 0.15) is 41.9 Å². The van der Waals surface area contributed by atoms with Gasteiger partial charge in [-0.15, -0.1) is 0 Å². The second-order valence-electron chi connectivity index (χ2n) is 9.56. The van der Waals surface area contributed by atoms with Crippen molar-refractivity contribution in [3.05, 3.63) is 107 Å². The minimum absolute atomic E-state index is 0.0149. The fourth-order valence-corrected chi connectivity index (χ4v) is 5.19. The number of halogens is 2. The summed E-state index contributed by atoms with van der Waals surface area (Å²) >= 11 is 0. The average molecular weight is 488 g/mol. The predicted octanol–water partition coefficient (Wildman–Crippen LogP) is 5.70. The van der Waals surface area contributed by atoms with E-state index in [9.17, 15) is 13.6 Å². The number of aromatic nitrogens is 1. The molecule has 4 aromatic rings. The van der Waals surface area contributed by atoms with Crippen molar-refractivity contribution in [2.24, 2.45) is 0 Å². The van der Waals surface area contributed by atoms with Crippen molar-refractivity contribution >= 4 is 16.8 Å². The van der Waals surface area contributed by atoms with Gasteiger partial charge < -0.3 is 14.8 Å². The zero-order chi connectivity index (χ0) is 24.9. The van der Waals surface area contributed by atoms with Crippen molar-refractivity contribution in [2.45, 2.75) is 31.7 Å². The molecule has 6 heteroatoms. The molecule has 0 saturated carbocycles. The lowest BCUT2D eigenvalue weighted by Crippen LogP contribution is -2.34. The van der Waals surface area contributed by atoms with Crippen LogP contribution in [0.4, 0.5) is 8.78 Å². The van der Waals surface area contributed by atoms with E-state index < -0.39 is 0 Å². The van der Waals surface area contributed by atoms with Gasteiger partial charge in [-0.1, -0.05) is 42.5 Å². The third-order valence-electron chi connectivity index (χ3n) is 7.07. The Kier molecular flexibility index (Phi) is 7.42. The minimum Gasteiger partial charge on any atom is -0.355 e. The maximum Gasteiger partial charge on any atom is 0.220 e. The molecule has 0 bridgehead atoms. The first-order chi connectivity index (χ1) is 17.6. The Bertz CT molecular complexity index is 1310. The van der Waals surface area contributed by atoms with Gasteiger partial charge in [-0.3, -0.25) is 4.79 Å². The van der Waals surface area contributed by atoms with E-state index in [0.29, 0.717) is 13.1 Å². The average Bonchev–Trinajstić information content (AvgIpc) is 3.53. The predicted molar refractivity (Wildman–Crippen MR) is 139 cm³/mol. The molecule has 0 radical (unpaired) electrons. The topological polar surface area (TPSA) is 37.3 Å². The molecule has 186 valence electrons. The number of nitrogens with one attached hydrogen (secondary N) is 1. The number of hydrogen-bond donors (Lipinski definition) is 1. The van der Waals surface area contributed by atoms with Crippen LogP contribution in [0.5, 0.6) is 0 Å². The summed E-state index contributed by atoms with van der Waals surface area (Å²) in [5.74, 6) is -0.800. The molecule has 2 heterocycles. The second-order valence-corrected chi connectivity index (χ2v) is 9.56. The van der Waals surface area contributed by atoms with E-state index in [1.54, 1.807) is 24.3 Å². The summed E-state index contributed by atoms with van der Waals surface area (Å²) in [6, 6.07) is 21.0. The monoisotopic (exact) mass is 487 g/mol. The van der Waals surface area contributed by atoms with Crippen LogP contribution in [0.2, 0.25) is 0 Å². The zero-order valence-electron chi connectivity index (χ0n) is 20.3. The number of hydrogen-bond acceptors (Lipinski definition) is 2. The summed E-state index contributed by atoms with van der Waals surface area (Å²) in [7, 11) is 0. The van der Waals surface area contributed by atoms with E-state index in [-0.39, 0.29) is 29.9 Å². The Hall–Kier alpha value is -3.51. The van der Waals surface area contributed by atoms with Crippen molar-refractivity contribution in [3.63, 3.8) is 0 Å². The molecule has 0 unspecified atom stereocenters. The third-order valence-corrected chi connectivity index (χ3v) is 7.07. The highest BCUT2D eigenvalue weighted by molar-refractivity contribution is 5.86. The molecule has 36 heavy (non-hydrogen) atoms. The minimum atomic E-state index is -0.300. The first-order valence-corrected chi connectivity index (χ1v) is 12.6. The molecule has 0 spiro atoms. The molecule has 1 aliphatic rings. The van der Waals surface area contributed by atoms with Gasteiger partial charge in [0.25, 0.3) is 0 Å². The van der Waals surface area contributed by atoms with Gasteiger partial charge in [0.05, 0.1) is 0 Å². The first kappa shape index (κ1) is 24.2. The molecule has 0 aliphatic carbocycles. The van der Waals surface area contributed by atoms with Gasteiger partial charge in [0, 0.05) is 49.1 Å². The summed E-state index contributed by atoms with van der Waals surface area (Å²) in [6.07, 6.45) is 4.81. The second kappa shape index (κ2) is 11.0. The van der Waals surface area contributed by atoms with E-state index in [2.05, 4.69) is 33.1 Å². The zero-order valence-corrected chi connectivity index (χ0v) is 20.3. The number of fused-ring (bicyclic) bond motifs is 1. The molecule has 3 aromatic carbocycles. The standard InChI is InChI=1S/C30H31F2N3O/c31-24-11-7-22(8-12-24)20-35-21-28(26-5-1-2-6-29(26)35)27(23-9-13-25(32)14-10-23)19-30(36)33-15-18-34-16-3-4-17-34/h1-2,5-14,21,27H,3-4,15-20H2,(H,33,36)/t27-/m0/s1. The highest BCUT2D eigenvalue weighted by atomic mass is 19.1. The van der Waals surface area contributed by atoms with Crippen LogP contribution < -0.4 is 5.32 Å². The van der Waals surface area contributed by atoms with Gasteiger partial charge in [0.1, 0.15) is 11.6 Å². The van der Waals surface area contributed by atoms with Gasteiger partial charge in [-0.2, -0.15) is 0 Å². The van der Waals surface area contributed by atoms with Gasteiger partial charge in [-0.25, -0.2) is 8.78 Å². The Morgan fingerprint density at radius 3 is 2.28 bits per heavy atom. The van der Waals surface area contributed by atoms with Gasteiger partial charge in [-0.05, 0) is 73.0 Å². The number of likely N-dealkylation sites (tertiary alicyclic amines) is 1. The maximum absolute atomic E-state index is 13.7. The quantitative estimate of drug-likeness (QED) is 0.329. The summed E-state index contributed by atoms with van der Waals surface area (Å²) in [5, 5.41) is 4.15. The lowest BCUT2D eigenvalue weighted by atomic mass is 9.88. The summed E-state index contributed by atoms with van der Waals surface area (Å²) in [6.45, 7) is 4.27. The van der Waals surface area contributed by atoms with Crippen LogP contribution in [-0.2, 0) is 11.3 Å². The van der Waals surface area contributed by atoms with Crippen LogP contribution in [0, 0.1) is 11.6 Å². The smallest absolute Gasteiger partial charge is 0.220 e. The summed E-state index contributed by atoms with van der Waals surface area (Å²) in [5.41, 5.74) is 3.95. The van der Waals surface area contributed by atoms with E-state index in [4.69, 9.17) is 0 Å². The summed E-state index contributed by atoms with van der Waals surface area (Å²) in [4.78, 5) is 15.4. The Labute approximate surface area is 210 Å². The van der Waals surface area contributed by atoms with Crippen molar-refractivity contribution in [3.8, 4) is 0 Å². The molecule has 1 aliphatic heterocycles. The molecular formula is C30H31F2N3O. The fourth-order valence-electron chi connectivity index (χ4n) is 5.19. The number of amides is 1. The van der Waals surface area contributed by atoms with E-state index >= 15 is 0 Å². The van der Waals surface area contributed by atoms with Crippen molar-refractivity contribution in [1.82, 2.24) is 14.8 Å². The van der Waals surface area contributed by atoms with Crippen LogP contribution in [-0.4, -0.2) is 41.6 Å². The molecular weight excluding hydrogens is 456 g/mol. The first-order valence-electron chi connectivity index (χ1n) is 12.6. The molecule has 1 aromatic heterocycles. The van der Waals surface area contributed by atoms with Crippen LogP contribution in [0.25, 0.3) is 10.9 Å². The third kappa shape index (κ3) is 5.65. The van der Waals surface area contributed by atoms with Crippen molar-refractivity contribution in [2.75, 3.05) is 26.2 Å². The van der Waals surface area contributed by atoms with Crippen LogP contribution in [0.15, 0.2) is 79.0 Å². The molecule has 1 N–H and O–H groups in total. The normalized spacial score (nSPS) is 14.8. The van der Waals surface area contributed by atoms with Gasteiger partial charge in [0.2, 0.25) is 5.91 Å². The maximum atomic E-state index is 13.7. The Balaban J connectivity index is 1.43. The largest absolute Gasteiger partial charge is 0.355 e. The molecule has 1 atom stereocenters. The number of para-hydroxylation sites is 1.